The second-order valence-electron chi connectivity index (χ2n) is 0.729. The summed E-state index contributed by atoms with van der Waals surface area (Å²) < 4.78 is 23.8. The molecule has 4 nitrogen and oxygen atoms in total. The van der Waals surface area contributed by atoms with Gasteiger partial charge in [0.25, 0.3) is 0 Å². The van der Waals surface area contributed by atoms with Gasteiger partial charge in [0, 0.05) is 0 Å². The summed E-state index contributed by atoms with van der Waals surface area (Å²) in [6.07, 6.45) is 0. The third kappa shape index (κ3) is 6.57. The summed E-state index contributed by atoms with van der Waals surface area (Å²) in [6, 6.07) is 0. The fraction of sp³-hybridized carbons (Fsp3) is 0. The summed E-state index contributed by atoms with van der Waals surface area (Å²) >= 11 is -2.45. The molecule has 42 valence electrons. The molecule has 0 aromatic heterocycles. The van der Waals surface area contributed by atoms with Gasteiger partial charge in [-0.15, -0.1) is 0 Å². The van der Waals surface area contributed by atoms with Gasteiger partial charge in [0.05, 0.1) is 0 Å². The number of hydrogen-bond acceptors (Lipinski definition) is 2. The first-order valence-electron chi connectivity index (χ1n) is 1.32. The van der Waals surface area contributed by atoms with Crippen molar-refractivity contribution in [2.24, 2.45) is 0 Å². The quantitative estimate of drug-likeness (QED) is 0.398. The first-order chi connectivity index (χ1) is 3.06. The molecule has 0 aliphatic heterocycles. The van der Waals surface area contributed by atoms with Gasteiger partial charge < -0.3 is 16.9 Å². The summed E-state index contributed by atoms with van der Waals surface area (Å²) in [5.41, 5.74) is 0. The lowest BCUT2D eigenvalue weighted by molar-refractivity contribution is 0.281. The fourth-order valence-electron chi connectivity index (χ4n) is 0.0636. The van der Waals surface area contributed by atoms with E-state index in [1.807, 2.05) is 0 Å². The summed E-state index contributed by atoms with van der Waals surface area (Å²) in [5, 5.41) is 0. The molecule has 0 aliphatic carbocycles. The normalized spacial score (nSPS) is 11.3. The predicted octanol–water partition coefficient (Wildman–Crippen LogP) is -0.668. The van der Waals surface area contributed by atoms with Gasteiger partial charge in [-0.3, -0.25) is 0 Å². The van der Waals surface area contributed by atoms with Crippen LogP contribution in [0.1, 0.15) is 0 Å². The highest BCUT2D eigenvalue weighted by Gasteiger charge is 2.13. The lowest BCUT2D eigenvalue weighted by Crippen LogP contribution is -1.87. The van der Waals surface area contributed by atoms with Crippen LogP contribution >= 0.6 is 7.82 Å². The van der Waals surface area contributed by atoms with Crippen molar-refractivity contribution in [1.82, 2.24) is 0 Å². The van der Waals surface area contributed by atoms with Crippen molar-refractivity contribution in [3.05, 3.63) is 0 Å². The average molecular weight is 144 g/mol. The van der Waals surface area contributed by atoms with E-state index in [1.165, 1.54) is 0 Å². The molecular formula is H3AlFO4P. The first kappa shape index (κ1) is 7.57. The van der Waals surface area contributed by atoms with Crippen LogP contribution in [0.3, 0.4) is 0 Å². The van der Waals surface area contributed by atoms with E-state index in [4.69, 9.17) is 9.79 Å². The third-order valence-corrected chi connectivity index (χ3v) is 1.95. The summed E-state index contributed by atoms with van der Waals surface area (Å²) in [6.45, 7) is 0. The van der Waals surface area contributed by atoms with E-state index in [0.717, 1.165) is 0 Å². The Morgan fingerprint density at radius 1 is 1.71 bits per heavy atom. The molecule has 0 unspecified atom stereocenters. The standard InChI is InChI=1S/Al.FH.H3O4P.H/c;;1-5(2,3)4;/h;1H;(H3,1,2,3,4);/q+2;;;/p-2. The molecule has 0 atom stereocenters. The van der Waals surface area contributed by atoms with Crippen LogP contribution in [-0.4, -0.2) is 25.8 Å². The van der Waals surface area contributed by atoms with Gasteiger partial charge in [0.2, 0.25) is 0 Å². The SMILES string of the molecule is O=P(O)(O)[O][AlH][F]. The van der Waals surface area contributed by atoms with E-state index in [0.29, 0.717) is 0 Å². The molecule has 0 aliphatic rings. The molecule has 0 amide bonds. The smallest absolute Gasteiger partial charge is 0.387 e. The number of rotatable bonds is 2. The van der Waals surface area contributed by atoms with Crippen molar-refractivity contribution in [3.8, 4) is 0 Å². The van der Waals surface area contributed by atoms with Gasteiger partial charge in [0.1, 0.15) is 0 Å². The zero-order valence-electron chi connectivity index (χ0n) is 3.24. The zero-order valence-corrected chi connectivity index (χ0v) is 5.55. The van der Waals surface area contributed by atoms with Crippen molar-refractivity contribution in [2.45, 2.75) is 0 Å². The van der Waals surface area contributed by atoms with Crippen molar-refractivity contribution in [2.75, 3.05) is 0 Å². The van der Waals surface area contributed by atoms with Crippen LogP contribution in [0.2, 0.25) is 0 Å². The van der Waals surface area contributed by atoms with Crippen LogP contribution in [-0.2, 0) is 8.14 Å². The monoisotopic (exact) mass is 144 g/mol. The van der Waals surface area contributed by atoms with E-state index >= 15 is 0 Å². The maximum Gasteiger partial charge on any atom is 0.699 e. The highest BCUT2D eigenvalue weighted by atomic mass is 31.2. The van der Waals surface area contributed by atoms with Crippen LogP contribution in [0.15, 0.2) is 0 Å². The Labute approximate surface area is 46.1 Å². The van der Waals surface area contributed by atoms with Crippen molar-refractivity contribution < 1.29 is 21.5 Å². The topological polar surface area (TPSA) is 66.8 Å². The maximum atomic E-state index is 10.9. The molecule has 2 N–H and O–H groups in total. The number of halogens is 1. The van der Waals surface area contributed by atoms with Crippen molar-refractivity contribution in [1.29, 1.82) is 0 Å². The van der Waals surface area contributed by atoms with E-state index in [2.05, 4.69) is 3.58 Å². The average Bonchev–Trinajstić information content (AvgIpc) is 1.30. The Morgan fingerprint density at radius 2 is 2.14 bits per heavy atom. The van der Waals surface area contributed by atoms with Gasteiger partial charge in [-0.05, 0) is 0 Å². The molecular weight excluding hydrogens is 141 g/mol. The molecule has 0 aromatic carbocycles. The molecule has 0 spiro atoms. The lowest BCUT2D eigenvalue weighted by atomic mass is 15.7. The minimum absolute atomic E-state index is 2.45. The number of phosphoric acid groups is 1. The van der Waals surface area contributed by atoms with Gasteiger partial charge >= 0.3 is 23.8 Å². The minimum Gasteiger partial charge on any atom is -0.387 e. The summed E-state index contributed by atoms with van der Waals surface area (Å²) in [7, 11) is -4.48. The molecule has 0 heterocycles. The Balaban J connectivity index is 3.36. The van der Waals surface area contributed by atoms with E-state index in [9.17, 15) is 8.09 Å². The minimum atomic E-state index is -4.48. The van der Waals surface area contributed by atoms with Crippen LogP contribution in [0.4, 0.5) is 3.52 Å². The number of hydrogen-bond donors (Lipinski definition) is 2. The Bertz CT molecular complexity index is 85.7. The van der Waals surface area contributed by atoms with E-state index < -0.39 is 23.8 Å². The van der Waals surface area contributed by atoms with E-state index in [1.54, 1.807) is 0 Å². The van der Waals surface area contributed by atoms with Gasteiger partial charge in [-0.1, -0.05) is 0 Å². The van der Waals surface area contributed by atoms with Crippen LogP contribution in [0.25, 0.3) is 0 Å². The molecule has 7 heteroatoms. The van der Waals surface area contributed by atoms with Crippen LogP contribution < -0.4 is 0 Å². The summed E-state index contributed by atoms with van der Waals surface area (Å²) in [4.78, 5) is 15.4. The largest absolute Gasteiger partial charge is 0.699 e. The third-order valence-electron chi connectivity index (χ3n) is 0.217. The van der Waals surface area contributed by atoms with Crippen LogP contribution in [0.5, 0.6) is 0 Å². The predicted molar refractivity (Wildman–Crippen MR) is 21.4 cm³/mol. The van der Waals surface area contributed by atoms with E-state index in [-0.39, 0.29) is 0 Å². The Morgan fingerprint density at radius 3 is 2.14 bits per heavy atom. The van der Waals surface area contributed by atoms with Crippen LogP contribution in [0, 0.1) is 0 Å². The lowest BCUT2D eigenvalue weighted by Gasteiger charge is -1.97. The second kappa shape index (κ2) is 2.78. The summed E-state index contributed by atoms with van der Waals surface area (Å²) in [5.74, 6) is 0. The van der Waals surface area contributed by atoms with Crippen molar-refractivity contribution >= 4 is 23.8 Å². The molecule has 0 saturated carbocycles. The molecule has 0 aromatic rings. The first-order valence-corrected chi connectivity index (χ1v) is 3.96. The van der Waals surface area contributed by atoms with Crippen molar-refractivity contribution in [3.63, 3.8) is 0 Å². The Kier molecular flexibility index (Phi) is 3.00. The van der Waals surface area contributed by atoms with Gasteiger partial charge in [0.15, 0.2) is 0 Å². The molecule has 0 saturated heterocycles. The van der Waals surface area contributed by atoms with Gasteiger partial charge in [-0.25, -0.2) is 4.57 Å². The molecule has 0 rings (SSSR count). The molecule has 7 heavy (non-hydrogen) atoms. The Hall–Kier alpha value is 0.572. The molecule has 0 bridgehead atoms. The second-order valence-corrected chi connectivity index (χ2v) is 2.96. The highest BCUT2D eigenvalue weighted by molar-refractivity contribution is 7.47. The maximum absolute atomic E-state index is 10.9. The molecule has 0 fully saturated rings. The fourth-order valence-corrected chi connectivity index (χ4v) is 0.572. The zero-order chi connectivity index (χ0) is 5.91. The molecule has 0 radical (unpaired) electrons. The highest BCUT2D eigenvalue weighted by Crippen LogP contribution is 2.34. The van der Waals surface area contributed by atoms with Gasteiger partial charge in [-0.2, -0.15) is 0 Å².